The van der Waals surface area contributed by atoms with Gasteiger partial charge < -0.3 is 9.47 Å². The molecule has 2 aliphatic heterocycles. The van der Waals surface area contributed by atoms with Crippen molar-refractivity contribution in [1.29, 1.82) is 0 Å². The van der Waals surface area contributed by atoms with Gasteiger partial charge in [-0.15, -0.1) is 0 Å². The van der Waals surface area contributed by atoms with Crippen LogP contribution in [0.5, 0.6) is 11.5 Å². The number of methoxy groups -OCH3 is 2. The summed E-state index contributed by atoms with van der Waals surface area (Å²) < 4.78 is 11.1. The summed E-state index contributed by atoms with van der Waals surface area (Å²) in [5.41, 5.74) is 1.66. The van der Waals surface area contributed by atoms with Gasteiger partial charge >= 0.3 is 0 Å². The number of rotatable bonds is 4. The second kappa shape index (κ2) is 6.82. The topological polar surface area (TPSA) is 42.0 Å². The average molecular weight is 373 g/mol. The molecule has 6 heteroatoms. The maximum absolute atomic E-state index is 13.3. The molecule has 2 atom stereocenters. The summed E-state index contributed by atoms with van der Waals surface area (Å²) >= 11 is 6.24. The molecule has 0 aromatic heterocycles. The fraction of sp³-hybridized carbons (Fsp3) is 0.350. The van der Waals surface area contributed by atoms with Crippen LogP contribution in [0, 0.1) is 0 Å². The predicted octanol–water partition coefficient (Wildman–Crippen LogP) is 3.87. The smallest absolute Gasteiger partial charge is 0.246 e. The maximum atomic E-state index is 13.3. The zero-order valence-corrected chi connectivity index (χ0v) is 15.6. The summed E-state index contributed by atoms with van der Waals surface area (Å²) in [6.45, 7) is 0.874. The van der Waals surface area contributed by atoms with Crippen molar-refractivity contribution in [2.75, 3.05) is 25.7 Å². The number of hydrogen-bond acceptors (Lipinski definition) is 4. The summed E-state index contributed by atoms with van der Waals surface area (Å²) in [4.78, 5) is 17.4. The van der Waals surface area contributed by atoms with Gasteiger partial charge in [-0.25, -0.2) is 0 Å². The van der Waals surface area contributed by atoms with Gasteiger partial charge in [0.1, 0.15) is 17.7 Å². The lowest BCUT2D eigenvalue weighted by Gasteiger charge is -2.31. The lowest BCUT2D eigenvalue weighted by atomic mass is 10.1. The lowest BCUT2D eigenvalue weighted by Crippen LogP contribution is -2.32. The largest absolute Gasteiger partial charge is 0.496 e. The molecule has 0 N–H and O–H groups in total. The zero-order valence-electron chi connectivity index (χ0n) is 14.8. The maximum Gasteiger partial charge on any atom is 0.246 e. The highest BCUT2D eigenvalue weighted by Crippen LogP contribution is 2.47. The van der Waals surface area contributed by atoms with Crippen LogP contribution < -0.4 is 14.4 Å². The molecule has 0 saturated carbocycles. The highest BCUT2D eigenvalue weighted by Gasteiger charge is 2.50. The van der Waals surface area contributed by atoms with Crippen molar-refractivity contribution in [3.8, 4) is 11.5 Å². The number of ether oxygens (including phenoxy) is 2. The standard InChI is InChI=1S/C20H21ClN2O3/c1-25-17-8-4-3-6-14(17)19-22-11-5-7-15(22)20(24)23(19)16-12-13(21)9-10-18(16)26-2/h3-4,6,8-10,12,15,19H,5,7,11H2,1-2H3/t15-,19+/m0/s1. The molecule has 2 saturated heterocycles. The van der Waals surface area contributed by atoms with Crippen LogP contribution in [0.2, 0.25) is 5.02 Å². The van der Waals surface area contributed by atoms with E-state index in [0.29, 0.717) is 16.5 Å². The van der Waals surface area contributed by atoms with Gasteiger partial charge in [-0.2, -0.15) is 0 Å². The molecule has 2 heterocycles. The van der Waals surface area contributed by atoms with Crippen LogP contribution in [0.3, 0.4) is 0 Å². The molecule has 0 unspecified atom stereocenters. The molecule has 2 aliphatic rings. The SMILES string of the molecule is COc1ccccc1[C@H]1N(c2cc(Cl)ccc2OC)C(=O)[C@@H]2CCCN21. The van der Waals surface area contributed by atoms with Gasteiger partial charge in [-0.1, -0.05) is 29.8 Å². The van der Waals surface area contributed by atoms with Gasteiger partial charge in [-0.3, -0.25) is 14.6 Å². The monoisotopic (exact) mass is 372 g/mol. The summed E-state index contributed by atoms with van der Waals surface area (Å²) in [5, 5.41) is 0.569. The molecule has 0 bridgehead atoms. The first-order chi connectivity index (χ1) is 12.7. The minimum absolute atomic E-state index is 0.0824. The van der Waals surface area contributed by atoms with Gasteiger partial charge in [0.25, 0.3) is 0 Å². The lowest BCUT2D eigenvalue weighted by molar-refractivity contribution is -0.119. The molecular formula is C20H21ClN2O3. The molecule has 5 nitrogen and oxygen atoms in total. The van der Waals surface area contributed by atoms with Crippen molar-refractivity contribution in [2.24, 2.45) is 0 Å². The summed E-state index contributed by atoms with van der Waals surface area (Å²) in [6.07, 6.45) is 1.64. The molecule has 2 fully saturated rings. The van der Waals surface area contributed by atoms with Crippen molar-refractivity contribution in [3.63, 3.8) is 0 Å². The van der Waals surface area contributed by atoms with Crippen molar-refractivity contribution >= 4 is 23.2 Å². The van der Waals surface area contributed by atoms with Crippen LogP contribution in [-0.2, 0) is 4.79 Å². The van der Waals surface area contributed by atoms with E-state index in [4.69, 9.17) is 21.1 Å². The Bertz CT molecular complexity index is 842. The number of hydrogen-bond donors (Lipinski definition) is 0. The minimum Gasteiger partial charge on any atom is -0.496 e. The third-order valence-corrected chi connectivity index (χ3v) is 5.43. The van der Waals surface area contributed by atoms with E-state index < -0.39 is 0 Å². The van der Waals surface area contributed by atoms with Crippen molar-refractivity contribution < 1.29 is 14.3 Å². The Morgan fingerprint density at radius 1 is 1.08 bits per heavy atom. The molecular weight excluding hydrogens is 352 g/mol. The molecule has 4 rings (SSSR count). The van der Waals surface area contributed by atoms with Gasteiger partial charge in [0, 0.05) is 17.1 Å². The van der Waals surface area contributed by atoms with Crippen molar-refractivity contribution in [3.05, 3.63) is 53.1 Å². The molecule has 0 aliphatic carbocycles. The fourth-order valence-corrected chi connectivity index (χ4v) is 4.24. The highest BCUT2D eigenvalue weighted by molar-refractivity contribution is 6.31. The van der Waals surface area contributed by atoms with Gasteiger partial charge in [0.05, 0.1) is 25.9 Å². The predicted molar refractivity (Wildman–Crippen MR) is 101 cm³/mol. The number of anilines is 1. The van der Waals surface area contributed by atoms with Crippen LogP contribution in [-0.4, -0.2) is 37.6 Å². The number of fused-ring (bicyclic) bond motifs is 1. The quantitative estimate of drug-likeness (QED) is 0.817. The van der Waals surface area contributed by atoms with Crippen molar-refractivity contribution in [1.82, 2.24) is 4.90 Å². The van der Waals surface area contributed by atoms with E-state index in [1.165, 1.54) is 0 Å². The van der Waals surface area contributed by atoms with Crippen LogP contribution in [0.25, 0.3) is 0 Å². The first kappa shape index (κ1) is 17.2. The second-order valence-corrected chi connectivity index (χ2v) is 6.97. The number of halogens is 1. The van der Waals surface area contributed by atoms with Gasteiger partial charge in [0.15, 0.2) is 0 Å². The third-order valence-electron chi connectivity index (χ3n) is 5.19. The van der Waals surface area contributed by atoms with Crippen molar-refractivity contribution in [2.45, 2.75) is 25.0 Å². The van der Waals surface area contributed by atoms with E-state index in [9.17, 15) is 4.79 Å². The fourth-order valence-electron chi connectivity index (χ4n) is 4.08. The number of amides is 1. The number of carbonyl (C=O) groups excluding carboxylic acids is 1. The summed E-state index contributed by atoms with van der Waals surface area (Å²) in [6, 6.07) is 13.1. The Labute approximate surface area is 158 Å². The Hall–Kier alpha value is -2.24. The Morgan fingerprint density at radius 2 is 1.85 bits per heavy atom. The van der Waals surface area contributed by atoms with Gasteiger partial charge in [0.2, 0.25) is 5.91 Å². The highest BCUT2D eigenvalue weighted by atomic mass is 35.5. The molecule has 0 radical (unpaired) electrons. The Kier molecular flexibility index (Phi) is 4.51. The van der Waals surface area contributed by atoms with E-state index in [1.807, 2.05) is 29.2 Å². The van der Waals surface area contributed by atoms with Crippen LogP contribution in [0.1, 0.15) is 24.6 Å². The molecule has 2 aromatic rings. The first-order valence-corrected chi connectivity index (χ1v) is 9.08. The third kappa shape index (κ3) is 2.63. The number of benzene rings is 2. The normalized spacial score (nSPS) is 22.6. The summed E-state index contributed by atoms with van der Waals surface area (Å²) in [5.74, 6) is 1.48. The van der Waals surface area contributed by atoms with Crippen LogP contribution in [0.15, 0.2) is 42.5 Å². The van der Waals surface area contributed by atoms with E-state index >= 15 is 0 Å². The summed E-state index contributed by atoms with van der Waals surface area (Å²) in [7, 11) is 3.26. The van der Waals surface area contributed by atoms with Gasteiger partial charge in [-0.05, 0) is 37.1 Å². The van der Waals surface area contributed by atoms with Crippen LogP contribution in [0.4, 0.5) is 5.69 Å². The zero-order chi connectivity index (χ0) is 18.3. The van der Waals surface area contributed by atoms with E-state index in [1.54, 1.807) is 32.4 Å². The molecule has 26 heavy (non-hydrogen) atoms. The Balaban J connectivity index is 1.89. The molecule has 0 spiro atoms. The number of para-hydroxylation sites is 1. The molecule has 1 amide bonds. The second-order valence-electron chi connectivity index (χ2n) is 6.54. The Morgan fingerprint density at radius 3 is 2.62 bits per heavy atom. The molecule has 136 valence electrons. The minimum atomic E-state index is -0.237. The first-order valence-electron chi connectivity index (χ1n) is 8.71. The molecule has 2 aromatic carbocycles. The van der Waals surface area contributed by atoms with E-state index in [0.717, 1.165) is 30.7 Å². The van der Waals surface area contributed by atoms with E-state index in [2.05, 4.69) is 4.90 Å². The average Bonchev–Trinajstić information content (AvgIpc) is 3.24. The number of nitrogens with zero attached hydrogens (tertiary/aromatic N) is 2. The number of carbonyl (C=O) groups is 1. The van der Waals surface area contributed by atoms with E-state index in [-0.39, 0.29) is 18.1 Å². The van der Waals surface area contributed by atoms with Crippen LogP contribution >= 0.6 is 11.6 Å².